The van der Waals surface area contributed by atoms with Gasteiger partial charge in [0.25, 0.3) is 0 Å². The number of carbonyl (C=O) groups is 1. The second kappa shape index (κ2) is 9.91. The summed E-state index contributed by atoms with van der Waals surface area (Å²) in [6, 6.07) is 8.95. The molecular weight excluding hydrogens is 367 g/mol. The SMILES string of the molecule is CCCN.COC(=O)c1cc(Oc2cccc(Br)n2)ccc1F. The van der Waals surface area contributed by atoms with Crippen molar-refractivity contribution in [1.82, 2.24) is 4.98 Å². The summed E-state index contributed by atoms with van der Waals surface area (Å²) < 4.78 is 24.0. The van der Waals surface area contributed by atoms with E-state index in [0.717, 1.165) is 19.0 Å². The van der Waals surface area contributed by atoms with Gasteiger partial charge in [-0.25, -0.2) is 14.2 Å². The number of halogens is 2. The minimum Gasteiger partial charge on any atom is -0.465 e. The van der Waals surface area contributed by atoms with Gasteiger partial charge in [-0.3, -0.25) is 0 Å². The lowest BCUT2D eigenvalue weighted by molar-refractivity contribution is 0.0595. The minimum absolute atomic E-state index is 0.185. The predicted octanol–water partition coefficient (Wildman–Crippen LogP) is 3.92. The van der Waals surface area contributed by atoms with Crippen LogP contribution in [0.4, 0.5) is 4.39 Å². The van der Waals surface area contributed by atoms with Gasteiger partial charge in [-0.1, -0.05) is 13.0 Å². The smallest absolute Gasteiger partial charge is 0.340 e. The first-order valence-electron chi connectivity index (χ1n) is 6.90. The molecule has 0 aliphatic heterocycles. The summed E-state index contributed by atoms with van der Waals surface area (Å²) >= 11 is 3.21. The number of methoxy groups -OCH3 is 1. The van der Waals surface area contributed by atoms with Gasteiger partial charge in [0.05, 0.1) is 12.7 Å². The van der Waals surface area contributed by atoms with Crippen LogP contribution in [0.5, 0.6) is 11.6 Å². The van der Waals surface area contributed by atoms with E-state index >= 15 is 0 Å². The van der Waals surface area contributed by atoms with Crippen LogP contribution in [0.15, 0.2) is 41.0 Å². The van der Waals surface area contributed by atoms with Crippen molar-refractivity contribution >= 4 is 21.9 Å². The van der Waals surface area contributed by atoms with Gasteiger partial charge in [0.1, 0.15) is 16.2 Å². The third kappa shape index (κ3) is 6.33. The molecule has 5 nitrogen and oxygen atoms in total. The van der Waals surface area contributed by atoms with E-state index in [1.54, 1.807) is 18.2 Å². The molecule has 0 aliphatic carbocycles. The van der Waals surface area contributed by atoms with Gasteiger partial charge in [0.15, 0.2) is 0 Å². The molecule has 0 saturated heterocycles. The summed E-state index contributed by atoms with van der Waals surface area (Å²) in [6.07, 6.45) is 1.10. The highest BCUT2D eigenvalue weighted by atomic mass is 79.9. The third-order valence-corrected chi connectivity index (χ3v) is 2.99. The van der Waals surface area contributed by atoms with Crippen LogP contribution in [-0.2, 0) is 4.74 Å². The first kappa shape index (κ1) is 19.1. The highest BCUT2D eigenvalue weighted by Gasteiger charge is 2.13. The Labute approximate surface area is 142 Å². The van der Waals surface area contributed by atoms with E-state index in [1.807, 2.05) is 0 Å². The second-order valence-electron chi connectivity index (χ2n) is 4.32. The number of carbonyl (C=O) groups excluding carboxylic acids is 1. The molecule has 0 fully saturated rings. The van der Waals surface area contributed by atoms with E-state index in [4.69, 9.17) is 10.5 Å². The number of hydrogen-bond acceptors (Lipinski definition) is 5. The fourth-order valence-electron chi connectivity index (χ4n) is 1.40. The number of esters is 1. The van der Waals surface area contributed by atoms with Crippen LogP contribution in [0.3, 0.4) is 0 Å². The zero-order valence-electron chi connectivity index (χ0n) is 12.9. The zero-order valence-corrected chi connectivity index (χ0v) is 14.5. The number of ether oxygens (including phenoxy) is 2. The van der Waals surface area contributed by atoms with Gasteiger partial charge in [-0.15, -0.1) is 0 Å². The molecule has 0 radical (unpaired) electrons. The zero-order chi connectivity index (χ0) is 17.2. The maximum Gasteiger partial charge on any atom is 0.340 e. The Balaban J connectivity index is 0.000000593. The van der Waals surface area contributed by atoms with Crippen molar-refractivity contribution in [1.29, 1.82) is 0 Å². The van der Waals surface area contributed by atoms with E-state index < -0.39 is 11.8 Å². The summed E-state index contributed by atoms with van der Waals surface area (Å²) in [5.74, 6) is -0.796. The van der Waals surface area contributed by atoms with Crippen LogP contribution in [0.1, 0.15) is 23.7 Å². The highest BCUT2D eigenvalue weighted by molar-refractivity contribution is 9.10. The molecule has 1 aromatic heterocycles. The molecule has 0 saturated carbocycles. The van der Waals surface area contributed by atoms with Gasteiger partial charge < -0.3 is 15.2 Å². The number of aromatic nitrogens is 1. The summed E-state index contributed by atoms with van der Waals surface area (Å²) in [4.78, 5) is 15.4. The van der Waals surface area contributed by atoms with Crippen molar-refractivity contribution in [3.63, 3.8) is 0 Å². The minimum atomic E-state index is -0.759. The second-order valence-corrected chi connectivity index (χ2v) is 5.13. The Morgan fingerprint density at radius 2 is 2.04 bits per heavy atom. The highest BCUT2D eigenvalue weighted by Crippen LogP contribution is 2.23. The van der Waals surface area contributed by atoms with E-state index in [1.165, 1.54) is 19.2 Å². The van der Waals surface area contributed by atoms with Crippen molar-refractivity contribution < 1.29 is 18.7 Å². The molecule has 0 bridgehead atoms. The summed E-state index contributed by atoms with van der Waals surface area (Å²) in [6.45, 7) is 2.88. The fraction of sp³-hybridized carbons (Fsp3) is 0.250. The molecule has 0 spiro atoms. The Morgan fingerprint density at radius 3 is 2.61 bits per heavy atom. The Hall–Kier alpha value is -1.99. The van der Waals surface area contributed by atoms with E-state index in [9.17, 15) is 9.18 Å². The molecule has 2 N–H and O–H groups in total. The molecule has 0 atom stereocenters. The normalized spacial score (nSPS) is 9.61. The monoisotopic (exact) mass is 384 g/mol. The van der Waals surface area contributed by atoms with E-state index in [2.05, 4.69) is 32.6 Å². The van der Waals surface area contributed by atoms with Gasteiger partial charge >= 0.3 is 5.97 Å². The lowest BCUT2D eigenvalue weighted by Crippen LogP contribution is -2.04. The number of hydrogen-bond donors (Lipinski definition) is 1. The molecule has 0 amide bonds. The molecule has 1 aromatic carbocycles. The topological polar surface area (TPSA) is 74.4 Å². The average molecular weight is 385 g/mol. The van der Waals surface area contributed by atoms with Gasteiger partial charge in [-0.05, 0) is 53.2 Å². The molecule has 7 heteroatoms. The quantitative estimate of drug-likeness (QED) is 0.638. The maximum absolute atomic E-state index is 13.4. The first-order valence-corrected chi connectivity index (χ1v) is 7.69. The van der Waals surface area contributed by atoms with E-state index in [-0.39, 0.29) is 5.56 Å². The van der Waals surface area contributed by atoms with Crippen LogP contribution in [0, 0.1) is 5.82 Å². The molecule has 0 aliphatic rings. The summed E-state index contributed by atoms with van der Waals surface area (Å²) in [7, 11) is 1.19. The number of pyridine rings is 1. The first-order chi connectivity index (χ1) is 11.0. The molecule has 2 aromatic rings. The largest absolute Gasteiger partial charge is 0.465 e. The Kier molecular flexibility index (Phi) is 8.21. The average Bonchev–Trinajstić information content (AvgIpc) is 2.56. The Bertz CT molecular complexity index is 651. The van der Waals surface area contributed by atoms with Crippen LogP contribution in [0.2, 0.25) is 0 Å². The maximum atomic E-state index is 13.4. The standard InChI is InChI=1S/C13H9BrFNO3.C3H9N/c1-18-13(17)9-7-8(5-6-10(9)15)19-12-4-2-3-11(14)16-12;1-2-3-4/h2-7H,1H3;2-4H2,1H3. The molecule has 23 heavy (non-hydrogen) atoms. The molecule has 1 heterocycles. The van der Waals surface area contributed by atoms with E-state index in [0.29, 0.717) is 16.2 Å². The molecular formula is C16H18BrFN2O3. The number of benzene rings is 1. The summed E-state index contributed by atoms with van der Waals surface area (Å²) in [5, 5.41) is 0. The molecule has 2 rings (SSSR count). The van der Waals surface area contributed by atoms with Crippen LogP contribution in [0.25, 0.3) is 0 Å². The van der Waals surface area contributed by atoms with Crippen molar-refractivity contribution in [2.24, 2.45) is 5.73 Å². The van der Waals surface area contributed by atoms with Crippen LogP contribution < -0.4 is 10.5 Å². The molecule has 0 unspecified atom stereocenters. The third-order valence-electron chi connectivity index (χ3n) is 2.54. The lowest BCUT2D eigenvalue weighted by atomic mass is 10.2. The predicted molar refractivity (Wildman–Crippen MR) is 89.1 cm³/mol. The number of nitrogens with two attached hydrogens (primary N) is 1. The van der Waals surface area contributed by atoms with Gasteiger partial charge in [0, 0.05) is 6.07 Å². The number of nitrogens with zero attached hydrogens (tertiary/aromatic N) is 1. The fourth-order valence-corrected chi connectivity index (χ4v) is 1.73. The number of rotatable bonds is 4. The van der Waals surface area contributed by atoms with Crippen molar-refractivity contribution in [2.75, 3.05) is 13.7 Å². The van der Waals surface area contributed by atoms with Crippen LogP contribution >= 0.6 is 15.9 Å². The van der Waals surface area contributed by atoms with Crippen LogP contribution in [-0.4, -0.2) is 24.6 Å². The molecule has 124 valence electrons. The van der Waals surface area contributed by atoms with Crippen molar-refractivity contribution in [3.8, 4) is 11.6 Å². The van der Waals surface area contributed by atoms with Gasteiger partial charge in [-0.2, -0.15) is 0 Å². The van der Waals surface area contributed by atoms with Crippen molar-refractivity contribution in [3.05, 3.63) is 52.4 Å². The lowest BCUT2D eigenvalue weighted by Gasteiger charge is -2.07. The van der Waals surface area contributed by atoms with Crippen molar-refractivity contribution in [2.45, 2.75) is 13.3 Å². The Morgan fingerprint density at radius 1 is 1.35 bits per heavy atom. The van der Waals surface area contributed by atoms with Gasteiger partial charge in [0.2, 0.25) is 5.88 Å². The summed E-state index contributed by atoms with van der Waals surface area (Å²) in [5.41, 5.74) is 4.84.